The molecule has 0 bridgehead atoms. The van der Waals surface area contributed by atoms with E-state index in [1.807, 2.05) is 42.6 Å². The van der Waals surface area contributed by atoms with Gasteiger partial charge in [-0.2, -0.15) is 5.26 Å². The predicted octanol–water partition coefficient (Wildman–Crippen LogP) is 4.89. The van der Waals surface area contributed by atoms with Crippen LogP contribution in [0.1, 0.15) is 16.1 Å². The van der Waals surface area contributed by atoms with E-state index < -0.39 is 0 Å². The molecule has 0 amide bonds. The molecule has 0 unspecified atom stereocenters. The Hall–Kier alpha value is -2.90. The Bertz CT molecular complexity index is 902. The third-order valence-corrected chi connectivity index (χ3v) is 4.26. The van der Waals surface area contributed by atoms with Crippen molar-refractivity contribution in [1.82, 2.24) is 4.98 Å². The molecule has 0 atom stereocenters. The molecule has 1 heterocycles. The van der Waals surface area contributed by atoms with Crippen molar-refractivity contribution in [3.63, 3.8) is 0 Å². The zero-order valence-corrected chi connectivity index (χ0v) is 13.3. The average molecular weight is 318 g/mol. The van der Waals surface area contributed by atoms with Crippen LogP contribution in [-0.4, -0.2) is 10.1 Å². The Morgan fingerprint density at radius 1 is 1.22 bits per heavy atom. The van der Waals surface area contributed by atoms with Crippen molar-refractivity contribution in [3.8, 4) is 23.1 Å². The minimum Gasteiger partial charge on any atom is -0.508 e. The quantitative estimate of drug-likeness (QED) is 0.700. The molecule has 1 aromatic heterocycles. The van der Waals surface area contributed by atoms with Crippen LogP contribution in [0.15, 0.2) is 53.9 Å². The Balaban J connectivity index is 1.94. The second kappa shape index (κ2) is 6.47. The van der Waals surface area contributed by atoms with Crippen LogP contribution in [0.3, 0.4) is 0 Å². The van der Waals surface area contributed by atoms with E-state index in [2.05, 4.69) is 11.1 Å². The van der Waals surface area contributed by atoms with Crippen LogP contribution in [0.5, 0.6) is 5.75 Å². The molecular formula is C19H14N2OS. The highest BCUT2D eigenvalue weighted by Gasteiger charge is 2.09. The minimum atomic E-state index is 0.176. The average Bonchev–Trinajstić information content (AvgIpc) is 3.03. The molecule has 3 nitrogen and oxygen atoms in total. The van der Waals surface area contributed by atoms with E-state index in [0.717, 1.165) is 16.8 Å². The number of nitrogens with zero attached hydrogens (tertiary/aromatic N) is 2. The van der Waals surface area contributed by atoms with E-state index in [9.17, 15) is 10.4 Å². The lowest BCUT2D eigenvalue weighted by molar-refractivity contribution is 0.475. The van der Waals surface area contributed by atoms with Crippen LogP contribution in [0.4, 0.5) is 0 Å². The molecule has 3 rings (SSSR count). The number of hydrogen-bond donors (Lipinski definition) is 1. The lowest BCUT2D eigenvalue weighted by Crippen LogP contribution is -1.83. The van der Waals surface area contributed by atoms with Crippen molar-refractivity contribution in [2.24, 2.45) is 0 Å². The van der Waals surface area contributed by atoms with Crippen LogP contribution in [0.25, 0.3) is 22.9 Å². The number of benzene rings is 2. The first-order valence-corrected chi connectivity index (χ1v) is 7.97. The third-order valence-electron chi connectivity index (χ3n) is 3.38. The molecular weight excluding hydrogens is 304 g/mol. The summed E-state index contributed by atoms with van der Waals surface area (Å²) >= 11 is 1.44. The summed E-state index contributed by atoms with van der Waals surface area (Å²) < 4.78 is 0. The lowest BCUT2D eigenvalue weighted by Gasteiger charge is -1.98. The minimum absolute atomic E-state index is 0.176. The second-order valence-corrected chi connectivity index (χ2v) is 6.03. The maximum Gasteiger partial charge on any atom is 0.134 e. The third kappa shape index (κ3) is 3.47. The molecule has 4 heteroatoms. The molecule has 0 saturated heterocycles. The van der Waals surface area contributed by atoms with E-state index >= 15 is 0 Å². The van der Waals surface area contributed by atoms with E-state index in [0.29, 0.717) is 10.6 Å². The number of hydrogen-bond acceptors (Lipinski definition) is 4. The highest BCUT2D eigenvalue weighted by Crippen LogP contribution is 2.27. The summed E-state index contributed by atoms with van der Waals surface area (Å²) in [4.78, 5) is 4.57. The van der Waals surface area contributed by atoms with Crippen LogP contribution in [0, 0.1) is 18.3 Å². The highest BCUT2D eigenvalue weighted by molar-refractivity contribution is 7.11. The number of nitriles is 1. The summed E-state index contributed by atoms with van der Waals surface area (Å²) in [6.45, 7) is 2.04. The van der Waals surface area contributed by atoms with Gasteiger partial charge in [0.1, 0.15) is 16.8 Å². The zero-order chi connectivity index (χ0) is 16.2. The van der Waals surface area contributed by atoms with Crippen LogP contribution in [-0.2, 0) is 0 Å². The smallest absolute Gasteiger partial charge is 0.134 e. The number of thiazole rings is 1. The summed E-state index contributed by atoms with van der Waals surface area (Å²) in [5, 5.41) is 21.6. The maximum atomic E-state index is 9.52. The standard InChI is InChI=1S/C19H14N2OS/c1-13-5-7-15(8-6-13)18-12-23-19(21-18)16(11-20)9-14-3-2-4-17(22)10-14/h2-10,12,22H,1H3/b16-9+. The molecule has 0 saturated carbocycles. The fraction of sp³-hybridized carbons (Fsp3) is 0.0526. The van der Waals surface area contributed by atoms with Crippen LogP contribution in [0.2, 0.25) is 0 Å². The molecule has 112 valence electrons. The Morgan fingerprint density at radius 3 is 2.70 bits per heavy atom. The molecule has 23 heavy (non-hydrogen) atoms. The summed E-state index contributed by atoms with van der Waals surface area (Å²) in [6.07, 6.45) is 1.73. The van der Waals surface area contributed by atoms with Crippen molar-refractivity contribution in [1.29, 1.82) is 5.26 Å². The number of aromatic hydroxyl groups is 1. The van der Waals surface area contributed by atoms with Gasteiger partial charge >= 0.3 is 0 Å². The fourth-order valence-corrected chi connectivity index (χ4v) is 2.97. The first-order valence-electron chi connectivity index (χ1n) is 7.09. The van der Waals surface area contributed by atoms with Crippen LogP contribution >= 0.6 is 11.3 Å². The van der Waals surface area contributed by atoms with Crippen molar-refractivity contribution in [3.05, 3.63) is 70.0 Å². The van der Waals surface area contributed by atoms with Crippen LogP contribution < -0.4 is 0 Å². The molecule has 0 fully saturated rings. The number of phenolic OH excluding ortho intramolecular Hbond substituents is 1. The largest absolute Gasteiger partial charge is 0.508 e. The van der Waals surface area contributed by atoms with E-state index in [-0.39, 0.29) is 5.75 Å². The molecule has 0 spiro atoms. The topological polar surface area (TPSA) is 56.9 Å². The van der Waals surface area contributed by atoms with Gasteiger partial charge in [0.2, 0.25) is 0 Å². The maximum absolute atomic E-state index is 9.52. The van der Waals surface area contributed by atoms with Gasteiger partial charge in [-0.15, -0.1) is 11.3 Å². The molecule has 0 aliphatic carbocycles. The van der Waals surface area contributed by atoms with Gasteiger partial charge in [0.05, 0.1) is 11.3 Å². The number of aryl methyl sites for hydroxylation is 1. The highest BCUT2D eigenvalue weighted by atomic mass is 32.1. The van der Waals surface area contributed by atoms with E-state index in [1.54, 1.807) is 24.3 Å². The fourth-order valence-electron chi connectivity index (χ4n) is 2.18. The van der Waals surface area contributed by atoms with Gasteiger partial charge in [-0.3, -0.25) is 0 Å². The molecule has 0 aliphatic rings. The first-order chi connectivity index (χ1) is 11.2. The molecule has 2 aromatic carbocycles. The summed E-state index contributed by atoms with van der Waals surface area (Å²) in [5.41, 5.74) is 4.35. The number of rotatable bonds is 3. The Kier molecular flexibility index (Phi) is 4.22. The van der Waals surface area contributed by atoms with Crippen molar-refractivity contribution < 1.29 is 5.11 Å². The van der Waals surface area contributed by atoms with Gasteiger partial charge in [-0.1, -0.05) is 42.0 Å². The van der Waals surface area contributed by atoms with Gasteiger partial charge in [-0.25, -0.2) is 4.98 Å². The van der Waals surface area contributed by atoms with Gasteiger partial charge in [0.25, 0.3) is 0 Å². The number of aromatic nitrogens is 1. The number of allylic oxidation sites excluding steroid dienone is 1. The summed E-state index contributed by atoms with van der Waals surface area (Å²) in [5.74, 6) is 0.176. The van der Waals surface area contributed by atoms with Gasteiger partial charge < -0.3 is 5.11 Å². The Labute approximate surface area is 138 Å². The second-order valence-electron chi connectivity index (χ2n) is 5.17. The van der Waals surface area contributed by atoms with E-state index in [1.165, 1.54) is 16.9 Å². The van der Waals surface area contributed by atoms with Crippen molar-refractivity contribution in [2.45, 2.75) is 6.92 Å². The van der Waals surface area contributed by atoms with E-state index in [4.69, 9.17) is 0 Å². The zero-order valence-electron chi connectivity index (χ0n) is 12.5. The summed E-state index contributed by atoms with van der Waals surface area (Å²) in [6, 6.07) is 17.1. The normalized spacial score (nSPS) is 11.2. The van der Waals surface area contributed by atoms with Crippen molar-refractivity contribution >= 4 is 23.0 Å². The van der Waals surface area contributed by atoms with Gasteiger partial charge in [0.15, 0.2) is 0 Å². The molecule has 1 N–H and O–H groups in total. The molecule has 0 radical (unpaired) electrons. The monoisotopic (exact) mass is 318 g/mol. The SMILES string of the molecule is Cc1ccc(-c2csc(/C(C#N)=C/c3cccc(O)c3)n2)cc1. The Morgan fingerprint density at radius 2 is 2.00 bits per heavy atom. The molecule has 3 aromatic rings. The molecule has 0 aliphatic heterocycles. The van der Waals surface area contributed by atoms with Crippen molar-refractivity contribution in [2.75, 3.05) is 0 Å². The lowest BCUT2D eigenvalue weighted by atomic mass is 10.1. The summed E-state index contributed by atoms with van der Waals surface area (Å²) in [7, 11) is 0. The number of phenols is 1. The van der Waals surface area contributed by atoms with Gasteiger partial charge in [0, 0.05) is 10.9 Å². The first kappa shape index (κ1) is 15.0. The predicted molar refractivity (Wildman–Crippen MR) is 93.9 cm³/mol. The van der Waals surface area contributed by atoms with Gasteiger partial charge in [-0.05, 0) is 30.7 Å².